The van der Waals surface area contributed by atoms with Crippen molar-refractivity contribution in [3.8, 4) is 0 Å². The first-order chi connectivity index (χ1) is 9.37. The van der Waals surface area contributed by atoms with Crippen LogP contribution in [0.1, 0.15) is 43.9 Å². The molecule has 0 bridgehead atoms. The zero-order chi connectivity index (χ0) is 14.8. The highest BCUT2D eigenvalue weighted by molar-refractivity contribution is 5.30. The van der Waals surface area contributed by atoms with Gasteiger partial charge >= 0.3 is 6.18 Å². The first kappa shape index (κ1) is 15.3. The van der Waals surface area contributed by atoms with E-state index in [1.807, 2.05) is 13.8 Å². The van der Waals surface area contributed by atoms with Gasteiger partial charge in [-0.1, -0.05) is 19.1 Å². The van der Waals surface area contributed by atoms with Crippen LogP contribution in [-0.4, -0.2) is 18.8 Å². The maximum absolute atomic E-state index is 12.8. The van der Waals surface area contributed by atoms with Crippen LogP contribution in [-0.2, 0) is 10.9 Å². The van der Waals surface area contributed by atoms with Crippen LogP contribution in [0.2, 0.25) is 0 Å². The summed E-state index contributed by atoms with van der Waals surface area (Å²) in [7, 11) is 0. The van der Waals surface area contributed by atoms with E-state index in [0.717, 1.165) is 18.9 Å². The predicted octanol–water partition coefficient (Wildman–Crippen LogP) is 3.93. The predicted molar refractivity (Wildman–Crippen MR) is 71.5 cm³/mol. The van der Waals surface area contributed by atoms with Gasteiger partial charge in [0, 0.05) is 6.61 Å². The van der Waals surface area contributed by atoms with Crippen LogP contribution in [0, 0.1) is 0 Å². The number of nitrogens with one attached hydrogen (secondary N) is 1. The second-order valence-corrected chi connectivity index (χ2v) is 5.38. The Hall–Kier alpha value is -1.07. The molecule has 0 saturated carbocycles. The molecule has 0 aromatic heterocycles. The first-order valence-corrected chi connectivity index (χ1v) is 6.91. The molecule has 2 unspecified atom stereocenters. The van der Waals surface area contributed by atoms with Crippen molar-refractivity contribution in [2.45, 2.75) is 44.5 Å². The van der Waals surface area contributed by atoms with E-state index in [1.165, 1.54) is 12.1 Å². The molecule has 1 fully saturated rings. The van der Waals surface area contributed by atoms with Crippen LogP contribution in [0.3, 0.4) is 0 Å². The minimum absolute atomic E-state index is 0.225. The molecule has 1 heterocycles. The van der Waals surface area contributed by atoms with Gasteiger partial charge in [0.1, 0.15) is 0 Å². The summed E-state index contributed by atoms with van der Waals surface area (Å²) in [5, 5.41) is 3.27. The monoisotopic (exact) mass is 287 g/mol. The fourth-order valence-corrected chi connectivity index (χ4v) is 2.81. The lowest BCUT2D eigenvalue weighted by Crippen LogP contribution is -2.41. The molecule has 1 aliphatic heterocycles. The van der Waals surface area contributed by atoms with Gasteiger partial charge in [0.15, 0.2) is 0 Å². The van der Waals surface area contributed by atoms with Crippen molar-refractivity contribution in [1.29, 1.82) is 0 Å². The highest BCUT2D eigenvalue weighted by Gasteiger charge is 2.40. The maximum Gasteiger partial charge on any atom is 0.416 e. The number of ether oxygens (including phenoxy) is 1. The standard InChI is InChI=1S/C15H20F3NO/c1-3-19-13(14(2)8-5-9-20-14)11-6-4-7-12(10-11)15(16,17)18/h4,6-7,10,13,19H,3,5,8-9H2,1-2H3. The molecule has 1 N–H and O–H groups in total. The largest absolute Gasteiger partial charge is 0.416 e. The zero-order valence-corrected chi connectivity index (χ0v) is 11.8. The average molecular weight is 287 g/mol. The normalized spacial score (nSPS) is 24.9. The van der Waals surface area contributed by atoms with E-state index in [2.05, 4.69) is 5.32 Å². The molecule has 2 atom stereocenters. The van der Waals surface area contributed by atoms with Crippen LogP contribution in [0.4, 0.5) is 13.2 Å². The summed E-state index contributed by atoms with van der Waals surface area (Å²) in [4.78, 5) is 0. The summed E-state index contributed by atoms with van der Waals surface area (Å²) in [6.45, 7) is 5.25. The van der Waals surface area contributed by atoms with Gasteiger partial charge in [0.25, 0.3) is 0 Å². The Kier molecular flexibility index (Phi) is 4.39. The van der Waals surface area contributed by atoms with Crippen molar-refractivity contribution in [3.05, 3.63) is 35.4 Å². The van der Waals surface area contributed by atoms with E-state index >= 15 is 0 Å². The lowest BCUT2D eigenvalue weighted by atomic mass is 9.87. The summed E-state index contributed by atoms with van der Waals surface area (Å²) in [6, 6.07) is 5.29. The maximum atomic E-state index is 12.8. The second kappa shape index (κ2) is 5.74. The van der Waals surface area contributed by atoms with Gasteiger partial charge < -0.3 is 10.1 Å². The summed E-state index contributed by atoms with van der Waals surface area (Å²) in [5.41, 5.74) is -0.425. The number of halogens is 3. The molecule has 0 radical (unpaired) electrons. The molecule has 5 heteroatoms. The van der Waals surface area contributed by atoms with Gasteiger partial charge in [-0.05, 0) is 44.0 Å². The van der Waals surface area contributed by atoms with Crippen molar-refractivity contribution in [2.24, 2.45) is 0 Å². The highest BCUT2D eigenvalue weighted by Crippen LogP contribution is 2.39. The molecule has 20 heavy (non-hydrogen) atoms. The second-order valence-electron chi connectivity index (χ2n) is 5.38. The molecule has 2 nitrogen and oxygen atoms in total. The number of likely N-dealkylation sites (N-methyl/N-ethyl adjacent to an activating group) is 1. The number of benzene rings is 1. The molecule has 1 aromatic carbocycles. The molecule has 1 aromatic rings. The molecule has 0 aliphatic carbocycles. The Morgan fingerprint density at radius 1 is 1.40 bits per heavy atom. The van der Waals surface area contributed by atoms with Crippen molar-refractivity contribution in [2.75, 3.05) is 13.2 Å². The Morgan fingerprint density at radius 3 is 2.70 bits per heavy atom. The van der Waals surface area contributed by atoms with Crippen LogP contribution in [0.5, 0.6) is 0 Å². The van der Waals surface area contributed by atoms with Gasteiger partial charge in [-0.3, -0.25) is 0 Å². The summed E-state index contributed by atoms with van der Waals surface area (Å²) < 4.78 is 44.3. The lowest BCUT2D eigenvalue weighted by Gasteiger charge is -2.34. The van der Waals surface area contributed by atoms with Gasteiger partial charge in [-0.15, -0.1) is 0 Å². The molecule has 0 spiro atoms. The topological polar surface area (TPSA) is 21.3 Å². The van der Waals surface area contributed by atoms with Crippen molar-refractivity contribution in [1.82, 2.24) is 5.32 Å². The van der Waals surface area contributed by atoms with Crippen molar-refractivity contribution in [3.63, 3.8) is 0 Å². The van der Waals surface area contributed by atoms with Gasteiger partial charge in [0.2, 0.25) is 0 Å². The summed E-state index contributed by atoms with van der Waals surface area (Å²) in [6.07, 6.45) is -2.53. The van der Waals surface area contributed by atoms with Gasteiger partial charge in [0.05, 0.1) is 17.2 Å². The third kappa shape index (κ3) is 3.15. The fraction of sp³-hybridized carbons (Fsp3) is 0.600. The number of rotatable bonds is 4. The third-order valence-corrected chi connectivity index (χ3v) is 3.82. The van der Waals surface area contributed by atoms with Gasteiger partial charge in [-0.25, -0.2) is 0 Å². The SMILES string of the molecule is CCNC(c1cccc(C(F)(F)F)c1)C1(C)CCCO1. The van der Waals surface area contributed by atoms with E-state index in [9.17, 15) is 13.2 Å². The highest BCUT2D eigenvalue weighted by atomic mass is 19.4. The van der Waals surface area contributed by atoms with Crippen molar-refractivity contribution >= 4 is 0 Å². The fourth-order valence-electron chi connectivity index (χ4n) is 2.81. The number of alkyl halides is 3. The molecule has 1 aliphatic rings. The van der Waals surface area contributed by atoms with Crippen LogP contribution >= 0.6 is 0 Å². The quantitative estimate of drug-likeness (QED) is 0.906. The third-order valence-electron chi connectivity index (χ3n) is 3.82. The summed E-state index contributed by atoms with van der Waals surface area (Å²) >= 11 is 0. The Morgan fingerprint density at radius 2 is 2.15 bits per heavy atom. The molecule has 0 amide bonds. The van der Waals surface area contributed by atoms with Crippen molar-refractivity contribution < 1.29 is 17.9 Å². The Bertz CT molecular complexity index is 453. The Balaban J connectivity index is 2.34. The average Bonchev–Trinajstić information content (AvgIpc) is 2.83. The smallest absolute Gasteiger partial charge is 0.373 e. The Labute approximate surface area is 117 Å². The molecule has 2 rings (SSSR count). The van der Waals surface area contributed by atoms with Crippen LogP contribution < -0.4 is 5.32 Å². The molecular formula is C15H20F3NO. The van der Waals surface area contributed by atoms with E-state index in [4.69, 9.17) is 4.74 Å². The molecular weight excluding hydrogens is 267 g/mol. The van der Waals surface area contributed by atoms with E-state index in [0.29, 0.717) is 18.7 Å². The molecule has 1 saturated heterocycles. The first-order valence-electron chi connectivity index (χ1n) is 6.91. The lowest BCUT2D eigenvalue weighted by molar-refractivity contribution is -0.137. The minimum Gasteiger partial charge on any atom is -0.373 e. The van der Waals surface area contributed by atoms with E-state index in [1.54, 1.807) is 6.07 Å². The van der Waals surface area contributed by atoms with Gasteiger partial charge in [-0.2, -0.15) is 13.2 Å². The van der Waals surface area contributed by atoms with E-state index < -0.39 is 17.3 Å². The van der Waals surface area contributed by atoms with Crippen LogP contribution in [0.15, 0.2) is 24.3 Å². The number of hydrogen-bond donors (Lipinski definition) is 1. The summed E-state index contributed by atoms with van der Waals surface area (Å²) in [5.74, 6) is 0. The number of hydrogen-bond acceptors (Lipinski definition) is 2. The molecule has 112 valence electrons. The van der Waals surface area contributed by atoms with E-state index in [-0.39, 0.29) is 6.04 Å². The zero-order valence-electron chi connectivity index (χ0n) is 11.8. The van der Waals surface area contributed by atoms with Crippen LogP contribution in [0.25, 0.3) is 0 Å². The minimum atomic E-state index is -4.32.